The van der Waals surface area contributed by atoms with Crippen molar-refractivity contribution in [2.75, 3.05) is 13.1 Å². The van der Waals surface area contributed by atoms with Crippen molar-refractivity contribution in [2.45, 2.75) is 13.3 Å². The van der Waals surface area contributed by atoms with E-state index < -0.39 is 17.5 Å². The number of carbonyl (C=O) groups excluding carboxylic acids is 1. The normalized spacial score (nSPS) is 11.4. The maximum Gasteiger partial charge on any atom is 0.257 e. The second kappa shape index (κ2) is 6.67. The highest BCUT2D eigenvalue weighted by molar-refractivity contribution is 5.97. The Bertz CT molecular complexity index is 492. The number of hydrogen-bond acceptors (Lipinski definition) is 3. The lowest BCUT2D eigenvalue weighted by Gasteiger charge is -2.21. The highest BCUT2D eigenvalue weighted by atomic mass is 19.1. The zero-order valence-electron chi connectivity index (χ0n) is 10.4. The van der Waals surface area contributed by atoms with Gasteiger partial charge in [0.05, 0.1) is 12.1 Å². The van der Waals surface area contributed by atoms with Gasteiger partial charge in [0.1, 0.15) is 11.6 Å². The fourth-order valence-electron chi connectivity index (χ4n) is 1.58. The van der Waals surface area contributed by atoms with Gasteiger partial charge >= 0.3 is 0 Å². The minimum Gasteiger partial charge on any atom is -0.409 e. The van der Waals surface area contributed by atoms with E-state index in [4.69, 9.17) is 10.9 Å². The van der Waals surface area contributed by atoms with Crippen molar-refractivity contribution < 1.29 is 18.8 Å². The average molecular weight is 271 g/mol. The van der Waals surface area contributed by atoms with E-state index in [-0.39, 0.29) is 17.9 Å². The molecule has 0 bridgehead atoms. The van der Waals surface area contributed by atoms with E-state index in [2.05, 4.69) is 5.16 Å². The van der Waals surface area contributed by atoms with Gasteiger partial charge < -0.3 is 15.8 Å². The first-order valence-electron chi connectivity index (χ1n) is 5.70. The zero-order chi connectivity index (χ0) is 14.4. The Morgan fingerprint density at radius 1 is 1.47 bits per heavy atom. The van der Waals surface area contributed by atoms with Crippen LogP contribution < -0.4 is 5.73 Å². The molecule has 19 heavy (non-hydrogen) atoms. The number of nitrogens with two attached hydrogens (primary N) is 1. The van der Waals surface area contributed by atoms with Gasteiger partial charge in [-0.15, -0.1) is 0 Å². The molecule has 0 aliphatic rings. The first-order chi connectivity index (χ1) is 8.99. The van der Waals surface area contributed by atoms with Gasteiger partial charge in [-0.2, -0.15) is 0 Å². The third-order valence-corrected chi connectivity index (χ3v) is 2.42. The number of nitrogens with zero attached hydrogens (tertiary/aromatic N) is 2. The van der Waals surface area contributed by atoms with Crippen LogP contribution in [0.2, 0.25) is 0 Å². The van der Waals surface area contributed by atoms with E-state index in [1.54, 1.807) is 0 Å². The van der Waals surface area contributed by atoms with Crippen LogP contribution in [-0.2, 0) is 0 Å². The Morgan fingerprint density at radius 2 is 2.16 bits per heavy atom. The molecule has 0 aromatic heterocycles. The molecule has 1 rings (SSSR count). The molecule has 0 spiro atoms. The Kier molecular flexibility index (Phi) is 5.23. The maximum absolute atomic E-state index is 13.5. The molecule has 0 fully saturated rings. The van der Waals surface area contributed by atoms with E-state index in [1.807, 2.05) is 6.92 Å². The van der Waals surface area contributed by atoms with Gasteiger partial charge in [-0.1, -0.05) is 12.1 Å². The second-order valence-corrected chi connectivity index (χ2v) is 3.94. The number of rotatable bonds is 5. The van der Waals surface area contributed by atoms with Crippen LogP contribution in [0.3, 0.4) is 0 Å². The van der Waals surface area contributed by atoms with E-state index in [1.165, 1.54) is 4.90 Å². The molecule has 0 unspecified atom stereocenters. The molecule has 0 heterocycles. The van der Waals surface area contributed by atoms with Gasteiger partial charge in [-0.3, -0.25) is 4.79 Å². The van der Waals surface area contributed by atoms with Crippen molar-refractivity contribution in [1.29, 1.82) is 0 Å². The summed E-state index contributed by atoms with van der Waals surface area (Å²) in [6, 6.07) is 2.71. The number of halogens is 2. The summed E-state index contributed by atoms with van der Waals surface area (Å²) in [5, 5.41) is 11.3. The van der Waals surface area contributed by atoms with Crippen LogP contribution in [0.15, 0.2) is 23.4 Å². The van der Waals surface area contributed by atoms with Crippen LogP contribution in [0.5, 0.6) is 0 Å². The average Bonchev–Trinajstić information content (AvgIpc) is 2.37. The number of oxime groups is 1. The molecule has 1 aromatic carbocycles. The van der Waals surface area contributed by atoms with Crippen LogP contribution in [0.1, 0.15) is 23.7 Å². The third kappa shape index (κ3) is 3.90. The molecule has 0 saturated carbocycles. The summed E-state index contributed by atoms with van der Waals surface area (Å²) in [7, 11) is 0. The van der Waals surface area contributed by atoms with Gasteiger partial charge in [-0.25, -0.2) is 8.78 Å². The molecule has 0 aliphatic heterocycles. The van der Waals surface area contributed by atoms with Crippen LogP contribution in [0, 0.1) is 11.6 Å². The standard InChI is InChI=1S/C12H15F2N3O2/c1-2-5-17(7-11(15)16-19)12(18)9-4-3-8(13)6-10(9)14/h3-4,6,19H,2,5,7H2,1H3,(H2,15,16). The third-order valence-electron chi connectivity index (χ3n) is 2.42. The molecular weight excluding hydrogens is 256 g/mol. The van der Waals surface area contributed by atoms with Crippen LogP contribution in [0.25, 0.3) is 0 Å². The van der Waals surface area contributed by atoms with Crippen LogP contribution in [0.4, 0.5) is 8.78 Å². The molecule has 0 aliphatic carbocycles. The number of amides is 1. The SMILES string of the molecule is CCCN(CC(N)=NO)C(=O)c1ccc(F)cc1F. The molecule has 104 valence electrons. The highest BCUT2D eigenvalue weighted by Gasteiger charge is 2.20. The largest absolute Gasteiger partial charge is 0.409 e. The summed E-state index contributed by atoms with van der Waals surface area (Å²) in [4.78, 5) is 13.3. The summed E-state index contributed by atoms with van der Waals surface area (Å²) in [5.41, 5.74) is 5.09. The quantitative estimate of drug-likeness (QED) is 0.369. The molecule has 1 aromatic rings. The lowest BCUT2D eigenvalue weighted by Crippen LogP contribution is -2.39. The van der Waals surface area contributed by atoms with Gasteiger partial charge in [-0.05, 0) is 18.6 Å². The van der Waals surface area contributed by atoms with Crippen molar-refractivity contribution in [3.63, 3.8) is 0 Å². The Labute approximate surface area is 109 Å². The zero-order valence-corrected chi connectivity index (χ0v) is 10.4. The lowest BCUT2D eigenvalue weighted by atomic mass is 10.1. The lowest BCUT2D eigenvalue weighted by molar-refractivity contribution is 0.0773. The van der Waals surface area contributed by atoms with E-state index >= 15 is 0 Å². The Morgan fingerprint density at radius 3 is 2.68 bits per heavy atom. The molecule has 5 nitrogen and oxygen atoms in total. The Balaban J connectivity index is 2.98. The molecule has 1 amide bonds. The van der Waals surface area contributed by atoms with E-state index in [0.29, 0.717) is 19.0 Å². The van der Waals surface area contributed by atoms with Crippen LogP contribution in [-0.4, -0.2) is 34.9 Å². The van der Waals surface area contributed by atoms with E-state index in [9.17, 15) is 13.6 Å². The smallest absolute Gasteiger partial charge is 0.257 e. The summed E-state index contributed by atoms with van der Waals surface area (Å²) in [6.07, 6.45) is 0.618. The number of hydrogen-bond donors (Lipinski definition) is 2. The topological polar surface area (TPSA) is 78.9 Å². The minimum absolute atomic E-state index is 0.125. The molecule has 0 saturated heterocycles. The number of carbonyl (C=O) groups is 1. The van der Waals surface area contributed by atoms with Gasteiger partial charge in [0, 0.05) is 12.6 Å². The summed E-state index contributed by atoms with van der Waals surface area (Å²) in [5.74, 6) is -2.49. The predicted molar refractivity (Wildman–Crippen MR) is 66.0 cm³/mol. The molecule has 7 heteroatoms. The van der Waals surface area contributed by atoms with Crippen molar-refractivity contribution in [3.05, 3.63) is 35.4 Å². The maximum atomic E-state index is 13.5. The van der Waals surface area contributed by atoms with Crippen molar-refractivity contribution in [1.82, 2.24) is 4.90 Å². The second-order valence-electron chi connectivity index (χ2n) is 3.94. The van der Waals surface area contributed by atoms with Gasteiger partial charge in [0.15, 0.2) is 5.84 Å². The predicted octanol–water partition coefficient (Wildman–Crippen LogP) is 1.56. The summed E-state index contributed by atoms with van der Waals surface area (Å²) >= 11 is 0. The Hall–Kier alpha value is -2.18. The van der Waals surface area contributed by atoms with Gasteiger partial charge in [0.2, 0.25) is 0 Å². The fourth-order valence-corrected chi connectivity index (χ4v) is 1.58. The van der Waals surface area contributed by atoms with Crippen molar-refractivity contribution >= 4 is 11.7 Å². The number of amidine groups is 1. The minimum atomic E-state index is -0.939. The number of benzene rings is 1. The first-order valence-corrected chi connectivity index (χ1v) is 5.70. The monoisotopic (exact) mass is 271 g/mol. The molecular formula is C12H15F2N3O2. The van der Waals surface area contributed by atoms with Crippen LogP contribution >= 0.6 is 0 Å². The molecule has 0 atom stereocenters. The first kappa shape index (κ1) is 14.9. The highest BCUT2D eigenvalue weighted by Crippen LogP contribution is 2.12. The van der Waals surface area contributed by atoms with Crippen molar-refractivity contribution in [2.24, 2.45) is 10.9 Å². The fraction of sp³-hybridized carbons (Fsp3) is 0.333. The molecule has 0 radical (unpaired) electrons. The van der Waals surface area contributed by atoms with Gasteiger partial charge in [0.25, 0.3) is 5.91 Å². The van der Waals surface area contributed by atoms with Crippen molar-refractivity contribution in [3.8, 4) is 0 Å². The molecule has 3 N–H and O–H groups in total. The summed E-state index contributed by atoms with van der Waals surface area (Å²) < 4.78 is 26.3. The summed E-state index contributed by atoms with van der Waals surface area (Å²) in [6.45, 7) is 2.01. The van der Waals surface area contributed by atoms with E-state index in [0.717, 1.165) is 12.1 Å².